The molecule has 6 nitrogen and oxygen atoms in total. The molecular weight excluding hydrogens is 460 g/mol. The van der Waals surface area contributed by atoms with Crippen LogP contribution in [0.3, 0.4) is 0 Å². The molecule has 3 aromatic rings. The van der Waals surface area contributed by atoms with E-state index in [1.54, 1.807) is 31.3 Å². The summed E-state index contributed by atoms with van der Waals surface area (Å²) in [7, 11) is 3.14. The van der Waals surface area contributed by atoms with Crippen LogP contribution in [0, 0.1) is 6.92 Å². The van der Waals surface area contributed by atoms with Crippen molar-refractivity contribution in [2.75, 3.05) is 19.1 Å². The van der Waals surface area contributed by atoms with E-state index in [2.05, 4.69) is 5.32 Å². The molecule has 0 saturated heterocycles. The monoisotopic (exact) mass is 492 g/mol. The van der Waals surface area contributed by atoms with Gasteiger partial charge in [0.05, 0.1) is 20.6 Å². The predicted molar refractivity (Wildman–Crippen MR) is 139 cm³/mol. The van der Waals surface area contributed by atoms with Crippen LogP contribution in [-0.2, 0) is 16.0 Å². The van der Waals surface area contributed by atoms with Crippen LogP contribution in [0.15, 0.2) is 60.0 Å². The molecule has 4 rings (SSSR count). The molecule has 1 N–H and O–H groups in total. The second-order valence-corrected chi connectivity index (χ2v) is 9.89. The number of amides is 2. The maximum absolute atomic E-state index is 13.9. The summed E-state index contributed by atoms with van der Waals surface area (Å²) in [5, 5.41) is 5.17. The van der Waals surface area contributed by atoms with Crippen molar-refractivity contribution < 1.29 is 19.1 Å². The Labute approximate surface area is 210 Å². The number of carbonyl (C=O) groups excluding carboxylic acids is 2. The minimum Gasteiger partial charge on any atom is -0.493 e. The lowest BCUT2D eigenvalue weighted by Crippen LogP contribution is -2.46. The van der Waals surface area contributed by atoms with Crippen LogP contribution < -0.4 is 19.7 Å². The first-order valence-corrected chi connectivity index (χ1v) is 12.8. The Bertz CT molecular complexity index is 1140. The molecule has 0 radical (unpaired) electrons. The van der Waals surface area contributed by atoms with Crippen molar-refractivity contribution in [1.82, 2.24) is 5.32 Å². The molecule has 1 heterocycles. The van der Waals surface area contributed by atoms with Crippen LogP contribution in [0.2, 0.25) is 0 Å². The second-order valence-electron chi connectivity index (χ2n) is 8.86. The van der Waals surface area contributed by atoms with E-state index in [4.69, 9.17) is 9.47 Å². The fraction of sp³-hybridized carbons (Fsp3) is 0.357. The highest BCUT2D eigenvalue weighted by molar-refractivity contribution is 7.10. The molecule has 1 aliphatic rings. The normalized spacial score (nSPS) is 14.4. The van der Waals surface area contributed by atoms with Crippen molar-refractivity contribution in [3.05, 3.63) is 76.0 Å². The fourth-order valence-corrected chi connectivity index (χ4v) is 5.28. The van der Waals surface area contributed by atoms with Gasteiger partial charge in [-0.25, -0.2) is 0 Å². The van der Waals surface area contributed by atoms with E-state index in [0.717, 1.165) is 36.1 Å². The first-order valence-electron chi connectivity index (χ1n) is 11.9. The number of benzene rings is 2. The summed E-state index contributed by atoms with van der Waals surface area (Å²) < 4.78 is 10.9. The maximum Gasteiger partial charge on any atom is 0.248 e. The SMILES string of the molecule is COc1ccc(C(C(=O)NC2CCCC2)N(C(=O)Cc2cccs2)c2ccc(C)cc2)cc1OC. The zero-order valence-electron chi connectivity index (χ0n) is 20.5. The van der Waals surface area contributed by atoms with Gasteiger partial charge in [-0.15, -0.1) is 11.3 Å². The van der Waals surface area contributed by atoms with E-state index in [9.17, 15) is 9.59 Å². The molecule has 0 spiro atoms. The Morgan fingerprint density at radius 1 is 1.03 bits per heavy atom. The zero-order chi connectivity index (χ0) is 24.8. The lowest BCUT2D eigenvalue weighted by molar-refractivity contribution is -0.127. The highest BCUT2D eigenvalue weighted by Crippen LogP contribution is 2.35. The van der Waals surface area contributed by atoms with Crippen molar-refractivity contribution >= 4 is 28.8 Å². The standard InChI is InChI=1S/C28H32N2O4S/c1-19-10-13-22(14-11-19)30(26(31)18-23-9-6-16-35-23)27(28(32)29-21-7-4-5-8-21)20-12-15-24(33-2)25(17-20)34-3/h6,9-17,21,27H,4-5,7-8,18H2,1-3H3,(H,29,32). The fourth-order valence-electron chi connectivity index (χ4n) is 4.58. The van der Waals surface area contributed by atoms with E-state index < -0.39 is 6.04 Å². The molecule has 184 valence electrons. The molecule has 1 saturated carbocycles. The van der Waals surface area contributed by atoms with Gasteiger partial charge in [-0.1, -0.05) is 42.7 Å². The molecule has 0 bridgehead atoms. The van der Waals surface area contributed by atoms with Gasteiger partial charge in [-0.3, -0.25) is 14.5 Å². The number of nitrogens with zero attached hydrogens (tertiary/aromatic N) is 1. The van der Waals surface area contributed by atoms with Gasteiger partial charge < -0.3 is 14.8 Å². The molecule has 0 aliphatic heterocycles. The number of rotatable bonds is 9. The van der Waals surface area contributed by atoms with E-state index >= 15 is 0 Å². The largest absolute Gasteiger partial charge is 0.493 e. The molecule has 35 heavy (non-hydrogen) atoms. The Morgan fingerprint density at radius 2 is 1.74 bits per heavy atom. The Balaban J connectivity index is 1.80. The van der Waals surface area contributed by atoms with E-state index in [1.807, 2.05) is 54.8 Å². The van der Waals surface area contributed by atoms with Crippen LogP contribution in [0.25, 0.3) is 0 Å². The quantitative estimate of drug-likeness (QED) is 0.431. The minimum absolute atomic E-state index is 0.123. The number of hydrogen-bond donors (Lipinski definition) is 1. The molecule has 2 amide bonds. The topological polar surface area (TPSA) is 67.9 Å². The molecule has 1 fully saturated rings. The van der Waals surface area contributed by atoms with Crippen LogP contribution in [0.4, 0.5) is 5.69 Å². The van der Waals surface area contributed by atoms with E-state index in [-0.39, 0.29) is 24.3 Å². The van der Waals surface area contributed by atoms with E-state index in [1.165, 1.54) is 11.3 Å². The molecule has 1 unspecified atom stereocenters. The number of nitrogens with one attached hydrogen (secondary N) is 1. The first-order chi connectivity index (χ1) is 17.0. The van der Waals surface area contributed by atoms with Crippen molar-refractivity contribution in [2.45, 2.75) is 51.1 Å². The number of ether oxygens (including phenoxy) is 2. The third-order valence-corrected chi connectivity index (χ3v) is 7.29. The smallest absolute Gasteiger partial charge is 0.248 e. The Kier molecular flexibility index (Phi) is 8.08. The maximum atomic E-state index is 13.9. The summed E-state index contributed by atoms with van der Waals surface area (Å²) in [6, 6.07) is 16.3. The number of carbonyl (C=O) groups is 2. The number of hydrogen-bond acceptors (Lipinski definition) is 5. The number of thiophene rings is 1. The van der Waals surface area contributed by atoms with Gasteiger partial charge in [-0.05, 0) is 61.0 Å². The lowest BCUT2D eigenvalue weighted by atomic mass is 10.0. The zero-order valence-corrected chi connectivity index (χ0v) is 21.3. The third kappa shape index (κ3) is 5.85. The summed E-state index contributed by atoms with van der Waals surface area (Å²) in [4.78, 5) is 30.3. The van der Waals surface area contributed by atoms with Gasteiger partial charge in [0.25, 0.3) is 0 Å². The first kappa shape index (κ1) is 24.8. The average molecular weight is 493 g/mol. The molecule has 1 atom stereocenters. The van der Waals surface area contributed by atoms with Gasteiger partial charge in [-0.2, -0.15) is 0 Å². The number of methoxy groups -OCH3 is 2. The van der Waals surface area contributed by atoms with Gasteiger partial charge in [0.1, 0.15) is 6.04 Å². The summed E-state index contributed by atoms with van der Waals surface area (Å²) in [5.41, 5.74) is 2.43. The Morgan fingerprint density at radius 3 is 2.37 bits per heavy atom. The van der Waals surface area contributed by atoms with Crippen molar-refractivity contribution in [1.29, 1.82) is 0 Å². The molecule has 1 aromatic heterocycles. The molecule has 2 aromatic carbocycles. The highest BCUT2D eigenvalue weighted by atomic mass is 32.1. The average Bonchev–Trinajstić information content (AvgIpc) is 3.57. The summed E-state index contributed by atoms with van der Waals surface area (Å²) in [6.07, 6.45) is 4.33. The van der Waals surface area contributed by atoms with E-state index in [0.29, 0.717) is 22.7 Å². The van der Waals surface area contributed by atoms with Crippen LogP contribution >= 0.6 is 11.3 Å². The van der Waals surface area contributed by atoms with Crippen LogP contribution in [0.1, 0.15) is 47.7 Å². The second kappa shape index (κ2) is 11.4. The number of anilines is 1. The Hall–Kier alpha value is -3.32. The van der Waals surface area contributed by atoms with Gasteiger partial charge in [0, 0.05) is 16.6 Å². The summed E-state index contributed by atoms with van der Waals surface area (Å²) >= 11 is 1.53. The minimum atomic E-state index is -0.856. The summed E-state index contributed by atoms with van der Waals surface area (Å²) in [5.74, 6) is 0.748. The van der Waals surface area contributed by atoms with Gasteiger partial charge >= 0.3 is 0 Å². The molecular formula is C28H32N2O4S. The number of aryl methyl sites for hydroxylation is 1. The van der Waals surface area contributed by atoms with Crippen molar-refractivity contribution in [2.24, 2.45) is 0 Å². The summed E-state index contributed by atoms with van der Waals surface area (Å²) in [6.45, 7) is 2.00. The molecule has 7 heteroatoms. The predicted octanol–water partition coefficient (Wildman–Crippen LogP) is 5.45. The van der Waals surface area contributed by atoms with Crippen LogP contribution in [0.5, 0.6) is 11.5 Å². The van der Waals surface area contributed by atoms with Crippen molar-refractivity contribution in [3.8, 4) is 11.5 Å². The highest BCUT2D eigenvalue weighted by Gasteiger charge is 2.35. The van der Waals surface area contributed by atoms with Crippen LogP contribution in [-0.4, -0.2) is 32.1 Å². The van der Waals surface area contributed by atoms with Gasteiger partial charge in [0.15, 0.2) is 11.5 Å². The molecule has 1 aliphatic carbocycles. The van der Waals surface area contributed by atoms with Gasteiger partial charge in [0.2, 0.25) is 11.8 Å². The van der Waals surface area contributed by atoms with Crippen molar-refractivity contribution in [3.63, 3.8) is 0 Å². The lowest BCUT2D eigenvalue weighted by Gasteiger charge is -2.32. The third-order valence-electron chi connectivity index (χ3n) is 6.42.